The Kier molecular flexibility index (Phi) is 6.07. The average molecular weight is 336 g/mol. The zero-order valence-corrected chi connectivity index (χ0v) is 15.1. The van der Waals surface area contributed by atoms with Crippen molar-refractivity contribution in [1.82, 2.24) is 10.6 Å². The fraction of sp³-hybridized carbons (Fsp3) is 0.611. The molecule has 2 atom stereocenters. The average Bonchev–Trinajstić information content (AvgIpc) is 2.59. The van der Waals surface area contributed by atoms with Gasteiger partial charge in [-0.1, -0.05) is 19.9 Å². The van der Waals surface area contributed by atoms with Gasteiger partial charge in [0.25, 0.3) is 0 Å². The zero-order valence-electron chi connectivity index (χ0n) is 15.1. The van der Waals surface area contributed by atoms with Crippen LogP contribution in [0.2, 0.25) is 0 Å². The standard InChI is InChI=1S/C18H28N2O4/c1-12-16(19-8-9-24-12)17(21)20-11-18(2,3)13-6-7-14(22-4)15(10-13)23-5/h6-7,10,12,16,19H,8-9,11H2,1-5H3,(H,20,21)/t12-,16+/m1/s1. The smallest absolute Gasteiger partial charge is 0.239 e. The molecule has 0 unspecified atom stereocenters. The Morgan fingerprint density at radius 1 is 1.33 bits per heavy atom. The number of carbonyl (C=O) groups excluding carboxylic acids is 1. The molecule has 0 spiro atoms. The second kappa shape index (κ2) is 7.85. The van der Waals surface area contributed by atoms with Crippen LogP contribution in [0.5, 0.6) is 11.5 Å². The number of nitrogens with one attached hydrogen (secondary N) is 2. The third-order valence-electron chi connectivity index (χ3n) is 4.47. The summed E-state index contributed by atoms with van der Waals surface area (Å²) in [5.74, 6) is 1.35. The lowest BCUT2D eigenvalue weighted by Gasteiger charge is -2.31. The quantitative estimate of drug-likeness (QED) is 0.823. The first-order valence-electron chi connectivity index (χ1n) is 8.24. The van der Waals surface area contributed by atoms with Crippen molar-refractivity contribution >= 4 is 5.91 Å². The SMILES string of the molecule is COc1ccc(C(C)(C)CNC(=O)[C@H]2NCCO[C@@H]2C)cc1OC. The molecule has 1 aliphatic rings. The topological polar surface area (TPSA) is 68.8 Å². The lowest BCUT2D eigenvalue weighted by molar-refractivity contribution is -0.129. The summed E-state index contributed by atoms with van der Waals surface area (Å²) in [5, 5.41) is 6.24. The molecular weight excluding hydrogens is 308 g/mol. The van der Waals surface area contributed by atoms with Gasteiger partial charge in [0.05, 0.1) is 26.9 Å². The zero-order chi connectivity index (χ0) is 17.7. The number of carbonyl (C=O) groups is 1. The summed E-state index contributed by atoms with van der Waals surface area (Å²) in [7, 11) is 3.23. The van der Waals surface area contributed by atoms with Gasteiger partial charge < -0.3 is 24.8 Å². The summed E-state index contributed by atoms with van der Waals surface area (Å²) in [6.45, 7) is 7.94. The molecule has 6 nitrogen and oxygen atoms in total. The monoisotopic (exact) mass is 336 g/mol. The highest BCUT2D eigenvalue weighted by atomic mass is 16.5. The number of hydrogen-bond donors (Lipinski definition) is 2. The second-order valence-electron chi connectivity index (χ2n) is 6.68. The van der Waals surface area contributed by atoms with Crippen LogP contribution in [0.4, 0.5) is 0 Å². The molecule has 24 heavy (non-hydrogen) atoms. The molecule has 1 aromatic rings. The van der Waals surface area contributed by atoms with E-state index in [9.17, 15) is 4.79 Å². The molecule has 0 aliphatic carbocycles. The molecule has 0 bridgehead atoms. The van der Waals surface area contributed by atoms with E-state index in [0.29, 0.717) is 31.2 Å². The number of benzene rings is 1. The van der Waals surface area contributed by atoms with Gasteiger partial charge >= 0.3 is 0 Å². The molecular formula is C18H28N2O4. The number of amides is 1. The van der Waals surface area contributed by atoms with Gasteiger partial charge in [-0.3, -0.25) is 4.79 Å². The number of rotatable bonds is 6. The summed E-state index contributed by atoms with van der Waals surface area (Å²) in [6, 6.07) is 5.53. The van der Waals surface area contributed by atoms with Crippen molar-refractivity contribution in [2.75, 3.05) is 33.9 Å². The maximum absolute atomic E-state index is 12.4. The van der Waals surface area contributed by atoms with E-state index in [0.717, 1.165) is 5.56 Å². The van der Waals surface area contributed by atoms with Crippen molar-refractivity contribution < 1.29 is 19.0 Å². The van der Waals surface area contributed by atoms with Gasteiger partial charge in [-0.15, -0.1) is 0 Å². The molecule has 0 radical (unpaired) electrons. The predicted molar refractivity (Wildman–Crippen MR) is 92.8 cm³/mol. The van der Waals surface area contributed by atoms with Crippen molar-refractivity contribution in [3.63, 3.8) is 0 Å². The molecule has 6 heteroatoms. The highest BCUT2D eigenvalue weighted by Gasteiger charge is 2.30. The van der Waals surface area contributed by atoms with E-state index < -0.39 is 0 Å². The summed E-state index contributed by atoms with van der Waals surface area (Å²) >= 11 is 0. The number of ether oxygens (including phenoxy) is 3. The summed E-state index contributed by atoms with van der Waals surface area (Å²) in [6.07, 6.45) is -0.122. The van der Waals surface area contributed by atoms with E-state index in [1.54, 1.807) is 14.2 Å². The van der Waals surface area contributed by atoms with Crippen LogP contribution in [-0.2, 0) is 14.9 Å². The molecule has 0 saturated carbocycles. The summed E-state index contributed by atoms with van der Waals surface area (Å²) < 4.78 is 16.2. The molecule has 134 valence electrons. The molecule has 1 fully saturated rings. The molecule has 1 aliphatic heterocycles. The van der Waals surface area contributed by atoms with Gasteiger partial charge in [-0.05, 0) is 24.6 Å². The van der Waals surface area contributed by atoms with Crippen molar-refractivity contribution in [2.45, 2.75) is 38.3 Å². The Morgan fingerprint density at radius 3 is 2.67 bits per heavy atom. The first-order chi connectivity index (χ1) is 11.4. The Labute approximate surface area is 143 Å². The van der Waals surface area contributed by atoms with Crippen LogP contribution in [0.15, 0.2) is 18.2 Å². The maximum Gasteiger partial charge on any atom is 0.239 e. The highest BCUT2D eigenvalue weighted by molar-refractivity contribution is 5.82. The van der Waals surface area contributed by atoms with Crippen molar-refractivity contribution in [3.8, 4) is 11.5 Å². The molecule has 1 amide bonds. The third-order valence-corrected chi connectivity index (χ3v) is 4.47. The number of morpholine rings is 1. The largest absolute Gasteiger partial charge is 0.493 e. The first-order valence-corrected chi connectivity index (χ1v) is 8.24. The predicted octanol–water partition coefficient (Wildman–Crippen LogP) is 1.47. The van der Waals surface area contributed by atoms with E-state index in [1.165, 1.54) is 0 Å². The van der Waals surface area contributed by atoms with E-state index in [-0.39, 0.29) is 23.5 Å². The minimum Gasteiger partial charge on any atom is -0.493 e. The summed E-state index contributed by atoms with van der Waals surface area (Å²) in [5.41, 5.74) is 0.829. The van der Waals surface area contributed by atoms with E-state index in [4.69, 9.17) is 14.2 Å². The number of hydrogen-bond acceptors (Lipinski definition) is 5. The minimum absolute atomic E-state index is 0.0317. The molecule has 1 saturated heterocycles. The van der Waals surface area contributed by atoms with Crippen LogP contribution in [0.3, 0.4) is 0 Å². The Morgan fingerprint density at radius 2 is 2.04 bits per heavy atom. The Hall–Kier alpha value is -1.79. The molecule has 2 rings (SSSR count). The molecule has 1 heterocycles. The van der Waals surface area contributed by atoms with Crippen molar-refractivity contribution in [3.05, 3.63) is 23.8 Å². The molecule has 0 aromatic heterocycles. The van der Waals surface area contributed by atoms with E-state index in [1.807, 2.05) is 25.1 Å². The third kappa shape index (κ3) is 4.19. The fourth-order valence-electron chi connectivity index (χ4n) is 2.80. The Bertz CT molecular complexity index is 574. The number of methoxy groups -OCH3 is 2. The summed E-state index contributed by atoms with van der Waals surface area (Å²) in [4.78, 5) is 12.4. The normalized spacial score (nSPS) is 21.2. The van der Waals surface area contributed by atoms with Gasteiger partial charge in [0.15, 0.2) is 11.5 Å². The van der Waals surface area contributed by atoms with Crippen LogP contribution >= 0.6 is 0 Å². The maximum atomic E-state index is 12.4. The first kappa shape index (κ1) is 18.5. The van der Waals surface area contributed by atoms with Crippen LogP contribution in [0.25, 0.3) is 0 Å². The highest BCUT2D eigenvalue weighted by Crippen LogP contribution is 2.32. The van der Waals surface area contributed by atoms with Crippen molar-refractivity contribution in [2.24, 2.45) is 0 Å². The van der Waals surface area contributed by atoms with E-state index in [2.05, 4.69) is 24.5 Å². The van der Waals surface area contributed by atoms with Crippen LogP contribution in [-0.4, -0.2) is 52.0 Å². The Balaban J connectivity index is 2.03. The molecule has 2 N–H and O–H groups in total. The lowest BCUT2D eigenvalue weighted by atomic mass is 9.84. The minimum atomic E-state index is -0.306. The van der Waals surface area contributed by atoms with Crippen LogP contribution in [0, 0.1) is 0 Å². The van der Waals surface area contributed by atoms with Gasteiger partial charge in [-0.2, -0.15) is 0 Å². The van der Waals surface area contributed by atoms with Gasteiger partial charge in [-0.25, -0.2) is 0 Å². The van der Waals surface area contributed by atoms with Gasteiger partial charge in [0.1, 0.15) is 6.04 Å². The van der Waals surface area contributed by atoms with Crippen molar-refractivity contribution in [1.29, 1.82) is 0 Å². The van der Waals surface area contributed by atoms with Crippen LogP contribution in [0.1, 0.15) is 26.3 Å². The second-order valence-corrected chi connectivity index (χ2v) is 6.68. The van der Waals surface area contributed by atoms with Gasteiger partial charge in [0, 0.05) is 18.5 Å². The van der Waals surface area contributed by atoms with E-state index >= 15 is 0 Å². The van der Waals surface area contributed by atoms with Crippen LogP contribution < -0.4 is 20.1 Å². The molecule has 1 aromatic carbocycles. The fourth-order valence-corrected chi connectivity index (χ4v) is 2.80. The van der Waals surface area contributed by atoms with Gasteiger partial charge in [0.2, 0.25) is 5.91 Å². The lowest BCUT2D eigenvalue weighted by Crippen LogP contribution is -2.56.